The van der Waals surface area contributed by atoms with Gasteiger partial charge < -0.3 is 15.4 Å². The average Bonchev–Trinajstić information content (AvgIpc) is 2.60. The van der Waals surface area contributed by atoms with Gasteiger partial charge in [0.15, 0.2) is 0 Å². The number of benzene rings is 2. The standard InChI is InChI=1S/C19H24N2O2/c1-4-15-5-9-17(10-6-15)21-14(2)19(22)20-13-16-7-11-18(23-3)12-8-16/h5-12,14,21H,4,13H2,1-3H3,(H,20,22)/t14-/m0/s1. The molecule has 0 radical (unpaired) electrons. The van der Waals surface area contributed by atoms with Crippen LogP contribution in [0.15, 0.2) is 48.5 Å². The van der Waals surface area contributed by atoms with Crippen LogP contribution in [0.5, 0.6) is 5.75 Å². The lowest BCUT2D eigenvalue weighted by atomic mass is 10.1. The molecule has 0 bridgehead atoms. The molecule has 0 aliphatic carbocycles. The van der Waals surface area contributed by atoms with Gasteiger partial charge in [-0.3, -0.25) is 4.79 Å². The van der Waals surface area contributed by atoms with Gasteiger partial charge in [-0.05, 0) is 48.7 Å². The quantitative estimate of drug-likeness (QED) is 0.824. The van der Waals surface area contributed by atoms with Crippen LogP contribution in [-0.2, 0) is 17.8 Å². The zero-order chi connectivity index (χ0) is 16.7. The van der Waals surface area contributed by atoms with E-state index < -0.39 is 0 Å². The van der Waals surface area contributed by atoms with Gasteiger partial charge in [0.2, 0.25) is 5.91 Å². The molecule has 0 saturated heterocycles. The number of ether oxygens (including phenoxy) is 1. The van der Waals surface area contributed by atoms with Crippen molar-refractivity contribution in [3.63, 3.8) is 0 Å². The topological polar surface area (TPSA) is 50.4 Å². The average molecular weight is 312 g/mol. The van der Waals surface area contributed by atoms with Gasteiger partial charge in [0, 0.05) is 12.2 Å². The first kappa shape index (κ1) is 16.9. The van der Waals surface area contributed by atoms with E-state index in [1.165, 1.54) is 5.56 Å². The monoisotopic (exact) mass is 312 g/mol. The highest BCUT2D eigenvalue weighted by Gasteiger charge is 2.12. The minimum atomic E-state index is -0.291. The van der Waals surface area contributed by atoms with E-state index in [9.17, 15) is 4.79 Å². The van der Waals surface area contributed by atoms with Crippen molar-refractivity contribution in [2.24, 2.45) is 0 Å². The van der Waals surface area contributed by atoms with Gasteiger partial charge in [-0.25, -0.2) is 0 Å². The molecule has 2 aromatic carbocycles. The van der Waals surface area contributed by atoms with Crippen LogP contribution in [0.2, 0.25) is 0 Å². The van der Waals surface area contributed by atoms with E-state index in [4.69, 9.17) is 4.74 Å². The maximum Gasteiger partial charge on any atom is 0.242 e. The number of carbonyl (C=O) groups excluding carboxylic acids is 1. The van der Waals surface area contributed by atoms with Crippen molar-refractivity contribution in [1.29, 1.82) is 0 Å². The minimum absolute atomic E-state index is 0.0274. The number of rotatable bonds is 7. The lowest BCUT2D eigenvalue weighted by Crippen LogP contribution is -2.37. The van der Waals surface area contributed by atoms with E-state index in [0.29, 0.717) is 6.54 Å². The van der Waals surface area contributed by atoms with Crippen LogP contribution in [0.1, 0.15) is 25.0 Å². The molecule has 1 atom stereocenters. The highest BCUT2D eigenvalue weighted by molar-refractivity contribution is 5.84. The summed E-state index contributed by atoms with van der Waals surface area (Å²) >= 11 is 0. The maximum absolute atomic E-state index is 12.2. The van der Waals surface area contributed by atoms with E-state index in [1.807, 2.05) is 43.3 Å². The molecule has 4 heteroatoms. The molecule has 1 amide bonds. The fraction of sp³-hybridized carbons (Fsp3) is 0.316. The first-order chi connectivity index (χ1) is 11.1. The van der Waals surface area contributed by atoms with Gasteiger partial charge in [0.1, 0.15) is 11.8 Å². The smallest absolute Gasteiger partial charge is 0.242 e. The fourth-order valence-corrected chi connectivity index (χ4v) is 2.24. The van der Waals surface area contributed by atoms with Crippen LogP contribution in [-0.4, -0.2) is 19.1 Å². The van der Waals surface area contributed by atoms with Crippen LogP contribution in [0, 0.1) is 0 Å². The molecule has 0 spiro atoms. The van der Waals surface area contributed by atoms with Crippen molar-refractivity contribution in [1.82, 2.24) is 5.32 Å². The highest BCUT2D eigenvalue weighted by Crippen LogP contribution is 2.12. The van der Waals surface area contributed by atoms with Crippen molar-refractivity contribution >= 4 is 11.6 Å². The summed E-state index contributed by atoms with van der Waals surface area (Å²) in [5, 5.41) is 6.15. The predicted octanol–water partition coefficient (Wildman–Crippen LogP) is 3.37. The van der Waals surface area contributed by atoms with Gasteiger partial charge in [-0.1, -0.05) is 31.2 Å². The molecule has 0 fully saturated rings. The first-order valence-electron chi connectivity index (χ1n) is 7.88. The summed E-state index contributed by atoms with van der Waals surface area (Å²) in [6, 6.07) is 15.5. The molecule has 2 aromatic rings. The third-order valence-electron chi connectivity index (χ3n) is 3.76. The van der Waals surface area contributed by atoms with E-state index in [1.54, 1.807) is 7.11 Å². The summed E-state index contributed by atoms with van der Waals surface area (Å²) in [4.78, 5) is 12.2. The summed E-state index contributed by atoms with van der Waals surface area (Å²) < 4.78 is 5.12. The van der Waals surface area contributed by atoms with Gasteiger partial charge in [0.05, 0.1) is 7.11 Å². The van der Waals surface area contributed by atoms with Crippen LogP contribution < -0.4 is 15.4 Å². The summed E-state index contributed by atoms with van der Waals surface area (Å²) in [5.41, 5.74) is 3.28. The molecule has 0 aromatic heterocycles. The van der Waals surface area contributed by atoms with Crippen molar-refractivity contribution in [3.05, 3.63) is 59.7 Å². The number of carbonyl (C=O) groups is 1. The number of methoxy groups -OCH3 is 1. The second-order valence-electron chi connectivity index (χ2n) is 5.48. The lowest BCUT2D eigenvalue weighted by molar-refractivity contribution is -0.121. The van der Waals surface area contributed by atoms with Crippen LogP contribution in [0.4, 0.5) is 5.69 Å². The van der Waals surface area contributed by atoms with E-state index >= 15 is 0 Å². The van der Waals surface area contributed by atoms with E-state index in [2.05, 4.69) is 29.7 Å². The lowest BCUT2D eigenvalue weighted by Gasteiger charge is -2.15. The van der Waals surface area contributed by atoms with Crippen molar-refractivity contribution in [3.8, 4) is 5.75 Å². The molecule has 4 nitrogen and oxygen atoms in total. The Balaban J connectivity index is 1.83. The number of amides is 1. The van der Waals surface area contributed by atoms with Gasteiger partial charge in [-0.15, -0.1) is 0 Å². The van der Waals surface area contributed by atoms with Crippen molar-refractivity contribution in [2.75, 3.05) is 12.4 Å². The molecule has 122 valence electrons. The number of hydrogen-bond acceptors (Lipinski definition) is 3. The zero-order valence-electron chi connectivity index (χ0n) is 13.9. The van der Waals surface area contributed by atoms with E-state index in [0.717, 1.165) is 23.4 Å². The summed E-state index contributed by atoms with van der Waals surface area (Å²) in [6.07, 6.45) is 1.01. The zero-order valence-corrected chi connectivity index (χ0v) is 13.9. The molecule has 0 unspecified atom stereocenters. The largest absolute Gasteiger partial charge is 0.497 e. The summed E-state index contributed by atoms with van der Waals surface area (Å²) in [7, 11) is 1.64. The first-order valence-corrected chi connectivity index (χ1v) is 7.88. The molecular weight excluding hydrogens is 288 g/mol. The second kappa shape index (κ2) is 8.22. The molecular formula is C19H24N2O2. The number of hydrogen-bond donors (Lipinski definition) is 2. The third kappa shape index (κ3) is 5.02. The van der Waals surface area contributed by atoms with Gasteiger partial charge in [-0.2, -0.15) is 0 Å². The predicted molar refractivity (Wildman–Crippen MR) is 93.7 cm³/mol. The number of anilines is 1. The Kier molecular flexibility index (Phi) is 6.03. The molecule has 2 rings (SSSR count). The second-order valence-corrected chi connectivity index (χ2v) is 5.48. The van der Waals surface area contributed by atoms with Crippen LogP contribution in [0.3, 0.4) is 0 Å². The van der Waals surface area contributed by atoms with Crippen LogP contribution in [0.25, 0.3) is 0 Å². The molecule has 23 heavy (non-hydrogen) atoms. The number of aryl methyl sites for hydroxylation is 1. The van der Waals surface area contributed by atoms with Gasteiger partial charge >= 0.3 is 0 Å². The molecule has 2 N–H and O–H groups in total. The summed E-state index contributed by atoms with van der Waals surface area (Å²) in [6.45, 7) is 4.48. The Morgan fingerprint density at radius 1 is 1.04 bits per heavy atom. The Morgan fingerprint density at radius 3 is 2.22 bits per heavy atom. The molecule has 0 heterocycles. The molecule has 0 aliphatic heterocycles. The van der Waals surface area contributed by atoms with E-state index in [-0.39, 0.29) is 11.9 Å². The van der Waals surface area contributed by atoms with Crippen LogP contribution >= 0.6 is 0 Å². The maximum atomic E-state index is 12.2. The Morgan fingerprint density at radius 2 is 1.65 bits per heavy atom. The highest BCUT2D eigenvalue weighted by atomic mass is 16.5. The third-order valence-corrected chi connectivity index (χ3v) is 3.76. The Bertz CT molecular complexity index is 621. The minimum Gasteiger partial charge on any atom is -0.497 e. The fourth-order valence-electron chi connectivity index (χ4n) is 2.24. The van der Waals surface area contributed by atoms with Crippen molar-refractivity contribution < 1.29 is 9.53 Å². The summed E-state index contributed by atoms with van der Waals surface area (Å²) in [5.74, 6) is 0.783. The van der Waals surface area contributed by atoms with Gasteiger partial charge in [0.25, 0.3) is 0 Å². The number of nitrogens with one attached hydrogen (secondary N) is 2. The molecule has 0 saturated carbocycles. The normalized spacial score (nSPS) is 11.6. The Labute approximate surface area is 137 Å². The van der Waals surface area contributed by atoms with Crippen molar-refractivity contribution in [2.45, 2.75) is 32.9 Å². The SMILES string of the molecule is CCc1ccc(N[C@@H](C)C(=O)NCc2ccc(OC)cc2)cc1. The Hall–Kier alpha value is -2.49. The molecule has 0 aliphatic rings.